The number of nitrogens with two attached hydrogens (primary N) is 1. The minimum Gasteiger partial charge on any atom is -0.494 e. The topological polar surface area (TPSA) is 60.2 Å². The van der Waals surface area contributed by atoms with E-state index in [1.165, 1.54) is 13.2 Å². The van der Waals surface area contributed by atoms with Crippen molar-refractivity contribution in [3.63, 3.8) is 0 Å². The molecule has 1 aromatic carbocycles. The lowest BCUT2D eigenvalue weighted by atomic mass is 10.3. The van der Waals surface area contributed by atoms with E-state index in [0.717, 1.165) is 0 Å². The number of ether oxygens (including phenoxy) is 1. The second-order valence-corrected chi connectivity index (χ2v) is 3.42. The van der Waals surface area contributed by atoms with Gasteiger partial charge in [0.05, 0.1) is 12.8 Å². The van der Waals surface area contributed by atoms with E-state index >= 15 is 0 Å². The molecule has 0 aliphatic heterocycles. The number of hydrogen-bond acceptors (Lipinski definition) is 4. The predicted molar refractivity (Wildman–Crippen MR) is 64.9 cm³/mol. The number of nitrogens with zero attached hydrogens (tertiary/aromatic N) is 1. The number of benzene rings is 1. The minimum absolute atomic E-state index is 0.171. The van der Waals surface area contributed by atoms with Crippen molar-refractivity contribution in [1.82, 2.24) is 4.98 Å². The zero-order chi connectivity index (χ0) is 12.3. The lowest BCUT2D eigenvalue weighted by Crippen LogP contribution is -1.99. The van der Waals surface area contributed by atoms with Gasteiger partial charge in [-0.2, -0.15) is 0 Å². The first-order valence-corrected chi connectivity index (χ1v) is 5.02. The molecule has 0 unspecified atom stereocenters. The van der Waals surface area contributed by atoms with Crippen LogP contribution in [0.15, 0.2) is 36.5 Å². The van der Waals surface area contributed by atoms with Crippen molar-refractivity contribution in [2.24, 2.45) is 0 Å². The Labute approximate surface area is 98.2 Å². The van der Waals surface area contributed by atoms with Gasteiger partial charge in [-0.1, -0.05) is 0 Å². The summed E-state index contributed by atoms with van der Waals surface area (Å²) in [4.78, 5) is 4.08. The van der Waals surface area contributed by atoms with Crippen LogP contribution in [-0.4, -0.2) is 12.1 Å². The summed E-state index contributed by atoms with van der Waals surface area (Å²) >= 11 is 0. The van der Waals surface area contributed by atoms with Gasteiger partial charge in [-0.05, 0) is 24.3 Å². The van der Waals surface area contributed by atoms with E-state index in [2.05, 4.69) is 10.3 Å². The van der Waals surface area contributed by atoms with Gasteiger partial charge in [-0.25, -0.2) is 9.37 Å². The summed E-state index contributed by atoms with van der Waals surface area (Å²) in [6, 6.07) is 7.93. The molecule has 3 N–H and O–H groups in total. The summed E-state index contributed by atoms with van der Waals surface area (Å²) < 4.78 is 18.1. The third kappa shape index (κ3) is 2.44. The lowest BCUT2D eigenvalue weighted by molar-refractivity contribution is 0.387. The molecule has 0 fully saturated rings. The molecule has 1 aromatic heterocycles. The standard InChI is InChI=1S/C12H12FN3O/c1-17-11-7-8(4-5-9(11)13)16-12-10(14)3-2-6-15-12/h2-7H,14H2,1H3,(H,15,16). The van der Waals surface area contributed by atoms with Crippen LogP contribution in [0.25, 0.3) is 0 Å². The van der Waals surface area contributed by atoms with Gasteiger partial charge in [-0.15, -0.1) is 0 Å². The Hall–Kier alpha value is -2.30. The number of pyridine rings is 1. The summed E-state index contributed by atoms with van der Waals surface area (Å²) in [5.74, 6) is 0.290. The third-order valence-corrected chi connectivity index (χ3v) is 2.25. The second kappa shape index (κ2) is 4.69. The van der Waals surface area contributed by atoms with E-state index < -0.39 is 5.82 Å². The molecule has 88 valence electrons. The molecule has 0 aliphatic rings. The van der Waals surface area contributed by atoms with Crippen LogP contribution in [-0.2, 0) is 0 Å². The van der Waals surface area contributed by atoms with Crippen LogP contribution in [0.3, 0.4) is 0 Å². The Morgan fingerprint density at radius 1 is 1.35 bits per heavy atom. The highest BCUT2D eigenvalue weighted by Crippen LogP contribution is 2.25. The van der Waals surface area contributed by atoms with E-state index in [1.54, 1.807) is 30.5 Å². The lowest BCUT2D eigenvalue weighted by Gasteiger charge is -2.09. The monoisotopic (exact) mass is 233 g/mol. The maximum Gasteiger partial charge on any atom is 0.165 e. The number of nitrogens with one attached hydrogen (secondary N) is 1. The van der Waals surface area contributed by atoms with Crippen molar-refractivity contribution in [2.45, 2.75) is 0 Å². The van der Waals surface area contributed by atoms with Gasteiger partial charge in [0.25, 0.3) is 0 Å². The van der Waals surface area contributed by atoms with Crippen molar-refractivity contribution < 1.29 is 9.13 Å². The molecule has 0 radical (unpaired) electrons. The molecule has 2 aromatic rings. The van der Waals surface area contributed by atoms with Crippen LogP contribution in [0.2, 0.25) is 0 Å². The molecule has 0 amide bonds. The molecule has 0 atom stereocenters. The highest BCUT2D eigenvalue weighted by Gasteiger charge is 2.05. The van der Waals surface area contributed by atoms with Gasteiger partial charge in [0, 0.05) is 18.0 Å². The molecule has 2 rings (SSSR count). The van der Waals surface area contributed by atoms with Crippen molar-refractivity contribution in [3.05, 3.63) is 42.3 Å². The quantitative estimate of drug-likeness (QED) is 0.855. The van der Waals surface area contributed by atoms with Gasteiger partial charge in [0.2, 0.25) is 0 Å². The Morgan fingerprint density at radius 3 is 2.88 bits per heavy atom. The van der Waals surface area contributed by atoms with Crippen LogP contribution >= 0.6 is 0 Å². The average Bonchev–Trinajstić information content (AvgIpc) is 2.34. The molecular weight excluding hydrogens is 221 g/mol. The fourth-order valence-corrected chi connectivity index (χ4v) is 1.40. The fourth-order valence-electron chi connectivity index (χ4n) is 1.40. The Morgan fingerprint density at radius 2 is 2.18 bits per heavy atom. The van der Waals surface area contributed by atoms with Crippen molar-refractivity contribution in [1.29, 1.82) is 0 Å². The van der Waals surface area contributed by atoms with Gasteiger partial charge >= 0.3 is 0 Å². The van der Waals surface area contributed by atoms with Crippen LogP contribution < -0.4 is 15.8 Å². The van der Waals surface area contributed by atoms with Crippen LogP contribution in [0.1, 0.15) is 0 Å². The molecule has 0 bridgehead atoms. The van der Waals surface area contributed by atoms with Crippen molar-refractivity contribution >= 4 is 17.2 Å². The SMILES string of the molecule is COc1cc(Nc2ncccc2N)ccc1F. The van der Waals surface area contributed by atoms with E-state index in [4.69, 9.17) is 10.5 Å². The second-order valence-electron chi connectivity index (χ2n) is 3.42. The Kier molecular flexibility index (Phi) is 3.09. The van der Waals surface area contributed by atoms with Crippen LogP contribution in [0.4, 0.5) is 21.6 Å². The summed E-state index contributed by atoms with van der Waals surface area (Å²) in [7, 11) is 1.41. The van der Waals surface area contributed by atoms with Crippen LogP contribution in [0, 0.1) is 5.82 Å². The third-order valence-electron chi connectivity index (χ3n) is 2.25. The number of anilines is 3. The molecule has 4 nitrogen and oxygen atoms in total. The fraction of sp³-hybridized carbons (Fsp3) is 0.0833. The van der Waals surface area contributed by atoms with Gasteiger partial charge in [-0.3, -0.25) is 0 Å². The maximum absolute atomic E-state index is 13.2. The summed E-state index contributed by atoms with van der Waals surface area (Å²) in [6.45, 7) is 0. The number of halogens is 1. The molecule has 0 aliphatic carbocycles. The first kappa shape index (κ1) is 11.2. The normalized spacial score (nSPS) is 10.0. The largest absolute Gasteiger partial charge is 0.494 e. The first-order valence-electron chi connectivity index (χ1n) is 5.02. The average molecular weight is 233 g/mol. The number of methoxy groups -OCH3 is 1. The zero-order valence-corrected chi connectivity index (χ0v) is 9.27. The maximum atomic E-state index is 13.2. The van der Waals surface area contributed by atoms with Crippen molar-refractivity contribution in [3.8, 4) is 5.75 Å². The van der Waals surface area contributed by atoms with Crippen LogP contribution in [0.5, 0.6) is 5.75 Å². The van der Waals surface area contributed by atoms with Gasteiger partial charge < -0.3 is 15.8 Å². The van der Waals surface area contributed by atoms with Gasteiger partial charge in [0.1, 0.15) is 0 Å². The summed E-state index contributed by atoms with van der Waals surface area (Å²) in [5.41, 5.74) is 6.92. The highest BCUT2D eigenvalue weighted by molar-refractivity contribution is 5.68. The summed E-state index contributed by atoms with van der Waals surface area (Å²) in [6.07, 6.45) is 1.62. The Balaban J connectivity index is 2.28. The molecule has 5 heteroatoms. The summed E-state index contributed by atoms with van der Waals surface area (Å²) in [5, 5.41) is 2.99. The number of nitrogen functional groups attached to an aromatic ring is 1. The molecule has 1 heterocycles. The van der Waals surface area contributed by atoms with E-state index in [0.29, 0.717) is 17.2 Å². The van der Waals surface area contributed by atoms with Gasteiger partial charge in [0.15, 0.2) is 17.4 Å². The molecule has 0 spiro atoms. The molecule has 0 saturated heterocycles. The smallest absolute Gasteiger partial charge is 0.165 e. The minimum atomic E-state index is -0.410. The highest BCUT2D eigenvalue weighted by atomic mass is 19.1. The van der Waals surface area contributed by atoms with E-state index in [1.807, 2.05) is 0 Å². The molecular formula is C12H12FN3O. The number of hydrogen-bond donors (Lipinski definition) is 2. The first-order chi connectivity index (χ1) is 8.20. The number of rotatable bonds is 3. The zero-order valence-electron chi connectivity index (χ0n) is 9.27. The van der Waals surface area contributed by atoms with E-state index in [9.17, 15) is 4.39 Å². The molecule has 0 saturated carbocycles. The Bertz CT molecular complexity index is 531. The molecule has 17 heavy (non-hydrogen) atoms. The number of aromatic nitrogens is 1. The van der Waals surface area contributed by atoms with Crippen molar-refractivity contribution in [2.75, 3.05) is 18.2 Å². The predicted octanol–water partition coefficient (Wildman–Crippen LogP) is 2.56. The van der Waals surface area contributed by atoms with E-state index in [-0.39, 0.29) is 5.75 Å².